The van der Waals surface area contributed by atoms with Gasteiger partial charge in [0, 0.05) is 6.20 Å². The summed E-state index contributed by atoms with van der Waals surface area (Å²) in [6.07, 6.45) is 9.07. The maximum Gasteiger partial charge on any atom is 0.412 e. The molecule has 180 valence electrons. The molecule has 1 aliphatic heterocycles. The van der Waals surface area contributed by atoms with Crippen LogP contribution in [-0.4, -0.2) is 39.4 Å². The van der Waals surface area contributed by atoms with Crippen molar-refractivity contribution in [2.24, 2.45) is 5.92 Å². The number of amides is 1. The second-order valence-electron chi connectivity index (χ2n) is 10.9. The van der Waals surface area contributed by atoms with E-state index in [0.717, 1.165) is 6.42 Å². The van der Waals surface area contributed by atoms with Gasteiger partial charge in [0.1, 0.15) is 17.5 Å². The second-order valence-corrected chi connectivity index (χ2v) is 10.9. The number of hydrogen-bond donors (Lipinski definition) is 0. The number of carbonyl (C=O) groups excluding carboxylic acids is 1. The fourth-order valence-electron chi connectivity index (χ4n) is 5.22. The minimum absolute atomic E-state index is 0.0455. The number of carbonyl (C=O) groups is 1. The number of nitrogens with zero attached hydrogens (tertiary/aromatic N) is 2. The van der Waals surface area contributed by atoms with Crippen molar-refractivity contribution in [2.75, 3.05) is 0 Å². The summed E-state index contributed by atoms with van der Waals surface area (Å²) >= 11 is 0. The number of rotatable bonds is 7. The highest BCUT2D eigenvalue weighted by Crippen LogP contribution is 2.41. The molecule has 1 aromatic rings. The van der Waals surface area contributed by atoms with E-state index in [4.69, 9.17) is 9.47 Å². The van der Waals surface area contributed by atoms with Crippen LogP contribution in [0.4, 0.5) is 9.18 Å². The second kappa shape index (κ2) is 10.5. The van der Waals surface area contributed by atoms with Crippen LogP contribution in [0, 0.1) is 5.92 Å². The van der Waals surface area contributed by atoms with E-state index in [1.807, 2.05) is 45.6 Å². The Morgan fingerprint density at radius 2 is 2.00 bits per heavy atom. The van der Waals surface area contributed by atoms with Crippen molar-refractivity contribution in [2.45, 2.75) is 122 Å². The molecule has 0 spiro atoms. The molecule has 3 atom stereocenters. The molecule has 0 aromatic carbocycles. The van der Waals surface area contributed by atoms with Crippen molar-refractivity contribution in [1.29, 1.82) is 0 Å². The van der Waals surface area contributed by atoms with E-state index < -0.39 is 17.5 Å². The molecule has 0 radical (unpaired) electrons. The molecule has 2 unspecified atom stereocenters. The Morgan fingerprint density at radius 3 is 2.62 bits per heavy atom. The van der Waals surface area contributed by atoms with Crippen LogP contribution in [0.5, 0.6) is 0 Å². The normalized spacial score (nSPS) is 25.0. The first-order chi connectivity index (χ1) is 15.1. The van der Waals surface area contributed by atoms with Gasteiger partial charge in [0.25, 0.3) is 0 Å². The monoisotopic (exact) mass is 448 g/mol. The fourth-order valence-corrected chi connectivity index (χ4v) is 5.22. The van der Waals surface area contributed by atoms with Crippen LogP contribution in [0.1, 0.15) is 104 Å². The molecule has 2 heterocycles. The molecule has 5 nitrogen and oxygen atoms in total. The zero-order valence-electron chi connectivity index (χ0n) is 20.5. The third-order valence-corrected chi connectivity index (χ3v) is 6.63. The first kappa shape index (κ1) is 24.9. The lowest BCUT2D eigenvalue weighted by molar-refractivity contribution is -0.0803. The van der Waals surface area contributed by atoms with Gasteiger partial charge in [-0.05, 0) is 78.4 Å². The standard InChI is InChI=1S/C26H41FN2O3/c1-25(2,3)32-24(30)29-22(18-19-12-7-6-8-13-19)23(31-26(29,4)5)16-11-14-20(27)21-15-9-10-17-28-21/h9-10,15,17,19-20,22-23H,6-8,11-14,16,18H2,1-5H3/t20-,22?,23?/m0/s1. The smallest absolute Gasteiger partial charge is 0.412 e. The highest BCUT2D eigenvalue weighted by molar-refractivity contribution is 5.70. The van der Waals surface area contributed by atoms with Gasteiger partial charge in [0.15, 0.2) is 0 Å². The third-order valence-electron chi connectivity index (χ3n) is 6.63. The average molecular weight is 449 g/mol. The molecular formula is C26H41FN2O3. The number of aromatic nitrogens is 1. The quantitative estimate of drug-likeness (QED) is 0.452. The molecule has 1 aliphatic carbocycles. The van der Waals surface area contributed by atoms with Crippen LogP contribution in [0.15, 0.2) is 24.4 Å². The van der Waals surface area contributed by atoms with E-state index in [0.29, 0.717) is 30.9 Å². The van der Waals surface area contributed by atoms with Gasteiger partial charge in [0.05, 0.1) is 17.8 Å². The Kier molecular flexibility index (Phi) is 8.18. The Labute approximate surface area is 193 Å². The number of pyridine rings is 1. The number of ether oxygens (including phenoxy) is 2. The summed E-state index contributed by atoms with van der Waals surface area (Å²) in [7, 11) is 0. The van der Waals surface area contributed by atoms with Gasteiger partial charge in [-0.1, -0.05) is 38.2 Å². The number of halogens is 1. The fraction of sp³-hybridized carbons (Fsp3) is 0.769. The average Bonchev–Trinajstić information content (AvgIpc) is 2.97. The summed E-state index contributed by atoms with van der Waals surface area (Å²) in [5, 5.41) is 0. The zero-order chi connectivity index (χ0) is 23.4. The van der Waals surface area contributed by atoms with Crippen LogP contribution in [0.25, 0.3) is 0 Å². The molecule has 1 saturated heterocycles. The van der Waals surface area contributed by atoms with Crippen molar-refractivity contribution in [3.8, 4) is 0 Å². The minimum Gasteiger partial charge on any atom is -0.444 e. The van der Waals surface area contributed by atoms with Crippen molar-refractivity contribution in [3.05, 3.63) is 30.1 Å². The molecule has 6 heteroatoms. The first-order valence-electron chi connectivity index (χ1n) is 12.3. The van der Waals surface area contributed by atoms with Crippen LogP contribution < -0.4 is 0 Å². The molecule has 2 fully saturated rings. The molecule has 1 saturated carbocycles. The summed E-state index contributed by atoms with van der Waals surface area (Å²) in [5.74, 6) is 0.598. The molecular weight excluding hydrogens is 407 g/mol. The predicted molar refractivity (Wildman–Crippen MR) is 124 cm³/mol. The summed E-state index contributed by atoms with van der Waals surface area (Å²) in [5.41, 5.74) is -0.831. The summed E-state index contributed by atoms with van der Waals surface area (Å²) < 4.78 is 26.8. The predicted octanol–water partition coefficient (Wildman–Crippen LogP) is 6.97. The lowest BCUT2D eigenvalue weighted by Crippen LogP contribution is -2.50. The van der Waals surface area contributed by atoms with Crippen LogP contribution in [0.3, 0.4) is 0 Å². The molecule has 0 N–H and O–H groups in total. The van der Waals surface area contributed by atoms with Crippen LogP contribution in [-0.2, 0) is 9.47 Å². The summed E-state index contributed by atoms with van der Waals surface area (Å²) in [4.78, 5) is 19.2. The SMILES string of the molecule is CC(C)(C)OC(=O)N1C(CC2CCCCC2)C(CCC[C@H](F)c2ccccn2)OC1(C)C. The zero-order valence-corrected chi connectivity index (χ0v) is 20.5. The molecule has 32 heavy (non-hydrogen) atoms. The molecule has 3 rings (SSSR count). The van der Waals surface area contributed by atoms with E-state index in [1.54, 1.807) is 18.3 Å². The molecule has 0 bridgehead atoms. The first-order valence-corrected chi connectivity index (χ1v) is 12.3. The number of alkyl halides is 1. The Bertz CT molecular complexity index is 728. The van der Waals surface area contributed by atoms with Crippen LogP contribution >= 0.6 is 0 Å². The van der Waals surface area contributed by atoms with Gasteiger partial charge < -0.3 is 9.47 Å². The lowest BCUT2D eigenvalue weighted by atomic mass is 9.83. The Morgan fingerprint density at radius 1 is 1.28 bits per heavy atom. The van der Waals surface area contributed by atoms with Crippen molar-refractivity contribution in [3.63, 3.8) is 0 Å². The van der Waals surface area contributed by atoms with Crippen molar-refractivity contribution < 1.29 is 18.7 Å². The van der Waals surface area contributed by atoms with Gasteiger partial charge in [-0.3, -0.25) is 9.88 Å². The Balaban J connectivity index is 1.69. The van der Waals surface area contributed by atoms with E-state index in [1.165, 1.54) is 32.1 Å². The maximum atomic E-state index is 14.6. The highest BCUT2D eigenvalue weighted by Gasteiger charge is 2.51. The largest absolute Gasteiger partial charge is 0.444 e. The summed E-state index contributed by atoms with van der Waals surface area (Å²) in [6.45, 7) is 9.55. The molecule has 1 amide bonds. The maximum absolute atomic E-state index is 14.6. The van der Waals surface area contributed by atoms with Crippen molar-refractivity contribution >= 4 is 6.09 Å². The third kappa shape index (κ3) is 6.66. The highest BCUT2D eigenvalue weighted by atomic mass is 19.1. The topological polar surface area (TPSA) is 51.7 Å². The summed E-state index contributed by atoms with van der Waals surface area (Å²) in [6, 6.07) is 5.30. The van der Waals surface area contributed by atoms with Gasteiger partial charge >= 0.3 is 6.09 Å². The van der Waals surface area contributed by atoms with Crippen molar-refractivity contribution in [1.82, 2.24) is 9.88 Å². The van der Waals surface area contributed by atoms with Gasteiger partial charge in [0.2, 0.25) is 0 Å². The minimum atomic E-state index is -1.08. The lowest BCUT2D eigenvalue weighted by Gasteiger charge is -2.37. The van der Waals surface area contributed by atoms with Gasteiger partial charge in [-0.25, -0.2) is 9.18 Å². The van der Waals surface area contributed by atoms with E-state index in [9.17, 15) is 9.18 Å². The van der Waals surface area contributed by atoms with Crippen LogP contribution in [0.2, 0.25) is 0 Å². The van der Waals surface area contributed by atoms with Gasteiger partial charge in [-0.2, -0.15) is 0 Å². The molecule has 2 aliphatic rings. The number of hydrogen-bond acceptors (Lipinski definition) is 4. The van der Waals surface area contributed by atoms with E-state index in [-0.39, 0.29) is 18.2 Å². The van der Waals surface area contributed by atoms with E-state index in [2.05, 4.69) is 4.98 Å². The molecule has 1 aromatic heterocycles. The van der Waals surface area contributed by atoms with E-state index >= 15 is 0 Å². The Hall–Kier alpha value is -1.69. The van der Waals surface area contributed by atoms with Gasteiger partial charge in [-0.15, -0.1) is 0 Å².